The number of aliphatic hydroxyl groups excluding tert-OH is 2. The van der Waals surface area contributed by atoms with Gasteiger partial charge in [-0.15, -0.1) is 0 Å². The van der Waals surface area contributed by atoms with Crippen LogP contribution in [0, 0.1) is 5.92 Å². The molecule has 9 nitrogen and oxygen atoms in total. The lowest BCUT2D eigenvalue weighted by atomic mass is 10.1. The van der Waals surface area contributed by atoms with Crippen molar-refractivity contribution < 1.29 is 15.0 Å². The third-order valence-electron chi connectivity index (χ3n) is 3.47. The fourth-order valence-electron chi connectivity index (χ4n) is 2.23. The van der Waals surface area contributed by atoms with E-state index in [1.54, 1.807) is 4.90 Å². The summed E-state index contributed by atoms with van der Waals surface area (Å²) in [5.74, 6) is -0.469. The van der Waals surface area contributed by atoms with Gasteiger partial charge < -0.3 is 26.2 Å². The molecule has 21 heavy (non-hydrogen) atoms. The summed E-state index contributed by atoms with van der Waals surface area (Å²) in [5.41, 5.74) is 5.38. The molecule has 1 aliphatic rings. The maximum Gasteiger partial charge on any atom is 0.287 e. The average Bonchev–Trinajstić information content (AvgIpc) is 2.83. The number of fused-ring (bicyclic) bond motifs is 1. The minimum absolute atomic E-state index is 0.105. The molecule has 0 atom stereocenters. The maximum absolute atomic E-state index is 12.2. The molecule has 116 valence electrons. The third-order valence-corrected chi connectivity index (χ3v) is 3.47. The number of hydrogen-bond acceptors (Lipinski definition) is 8. The van der Waals surface area contributed by atoms with Crippen molar-refractivity contribution in [2.75, 3.05) is 42.4 Å². The summed E-state index contributed by atoms with van der Waals surface area (Å²) in [6.45, 7) is 1.90. The van der Waals surface area contributed by atoms with Crippen molar-refractivity contribution in [3.05, 3.63) is 10.4 Å². The molecule has 0 saturated carbocycles. The van der Waals surface area contributed by atoms with Crippen molar-refractivity contribution >= 4 is 23.4 Å². The van der Waals surface area contributed by atoms with Gasteiger partial charge in [-0.3, -0.25) is 9.59 Å². The van der Waals surface area contributed by atoms with Gasteiger partial charge in [0.25, 0.3) is 5.56 Å². The Morgan fingerprint density at radius 2 is 2.14 bits per heavy atom. The van der Waals surface area contributed by atoms with Crippen LogP contribution in [-0.4, -0.2) is 52.1 Å². The average molecular weight is 297 g/mol. The highest BCUT2D eigenvalue weighted by Gasteiger charge is 2.27. The molecule has 1 aromatic heterocycles. The van der Waals surface area contributed by atoms with Crippen LogP contribution in [0.4, 0.5) is 17.5 Å². The number of hydrogen-bond donors (Lipinski definition) is 4. The molecule has 1 aromatic rings. The Hall–Kier alpha value is -2.13. The van der Waals surface area contributed by atoms with Gasteiger partial charge in [-0.05, 0) is 6.42 Å². The number of anilines is 3. The summed E-state index contributed by atoms with van der Waals surface area (Å²) < 4.78 is 0.819. The quantitative estimate of drug-likeness (QED) is 0.525. The summed E-state index contributed by atoms with van der Waals surface area (Å²) in [6.07, 6.45) is 0.547. The van der Waals surface area contributed by atoms with Crippen molar-refractivity contribution in [1.29, 1.82) is 0 Å². The number of carbonyl (C=O) groups is 1. The predicted molar refractivity (Wildman–Crippen MR) is 77.3 cm³/mol. The van der Waals surface area contributed by atoms with Gasteiger partial charge >= 0.3 is 0 Å². The molecule has 0 bridgehead atoms. The van der Waals surface area contributed by atoms with Gasteiger partial charge in [-0.2, -0.15) is 4.98 Å². The van der Waals surface area contributed by atoms with Gasteiger partial charge in [0.2, 0.25) is 11.9 Å². The number of rotatable bonds is 5. The lowest BCUT2D eigenvalue weighted by molar-refractivity contribution is 0.0934. The smallest absolute Gasteiger partial charge is 0.287 e. The highest BCUT2D eigenvalue weighted by molar-refractivity contribution is 5.82. The lowest BCUT2D eigenvalue weighted by Crippen LogP contribution is -2.30. The Kier molecular flexibility index (Phi) is 4.43. The van der Waals surface area contributed by atoms with E-state index >= 15 is 0 Å². The maximum atomic E-state index is 12.2. The number of nitrogens with zero attached hydrogens (tertiary/aromatic N) is 3. The first-order valence-corrected chi connectivity index (χ1v) is 6.63. The van der Waals surface area contributed by atoms with Crippen LogP contribution >= 0.6 is 0 Å². The summed E-state index contributed by atoms with van der Waals surface area (Å²) >= 11 is 0. The van der Waals surface area contributed by atoms with Crippen LogP contribution < -0.4 is 21.5 Å². The van der Waals surface area contributed by atoms with E-state index in [1.165, 1.54) is 6.92 Å². The van der Waals surface area contributed by atoms with Crippen LogP contribution in [-0.2, 0) is 0 Å². The molecule has 0 spiro atoms. The fourth-order valence-corrected chi connectivity index (χ4v) is 2.23. The Balaban J connectivity index is 2.25. The Bertz CT molecular complexity index is 596. The molecular weight excluding hydrogens is 278 g/mol. The number of carbonyl (C=O) groups excluding carboxylic acids is 1. The number of aliphatic hydroxyl groups is 2. The Morgan fingerprint density at radius 3 is 2.71 bits per heavy atom. The fraction of sp³-hybridized carbons (Fsp3) is 0.583. The first-order chi connectivity index (χ1) is 9.99. The molecule has 0 aliphatic carbocycles. The lowest BCUT2D eigenvalue weighted by Gasteiger charge is -2.19. The number of nitrogen functional groups attached to an aromatic ring is 1. The summed E-state index contributed by atoms with van der Waals surface area (Å²) in [5, 5.41) is 21.0. The summed E-state index contributed by atoms with van der Waals surface area (Å²) in [6, 6.07) is 0. The van der Waals surface area contributed by atoms with E-state index in [9.17, 15) is 9.59 Å². The van der Waals surface area contributed by atoms with Crippen molar-refractivity contribution in [2.24, 2.45) is 5.92 Å². The van der Waals surface area contributed by atoms with Crippen LogP contribution in [0.2, 0.25) is 0 Å². The standard InChI is InChI=1S/C12H19N5O4/c1-7(20)17-11(21)9-10(15-12(17)13)16(6-14-9)3-2-8(4-18)5-19/h8,14,18-19H,2-6H2,1H3,(H2,13,15). The van der Waals surface area contributed by atoms with E-state index in [4.69, 9.17) is 15.9 Å². The van der Waals surface area contributed by atoms with Gasteiger partial charge in [-0.25, -0.2) is 4.57 Å². The molecule has 0 saturated heterocycles. The van der Waals surface area contributed by atoms with Crippen LogP contribution in [0.1, 0.15) is 18.1 Å². The van der Waals surface area contributed by atoms with E-state index in [-0.39, 0.29) is 30.8 Å². The Labute approximate surface area is 121 Å². The van der Waals surface area contributed by atoms with Crippen molar-refractivity contribution in [3.8, 4) is 0 Å². The normalized spacial score (nSPS) is 13.4. The van der Waals surface area contributed by atoms with Crippen molar-refractivity contribution in [1.82, 2.24) is 9.55 Å². The SMILES string of the molecule is CC(=O)n1c(N)nc2c(c1=O)NCN2CCC(CO)CO. The first-order valence-electron chi connectivity index (χ1n) is 6.63. The van der Waals surface area contributed by atoms with E-state index < -0.39 is 11.5 Å². The summed E-state index contributed by atoms with van der Waals surface area (Å²) in [4.78, 5) is 29.5. The minimum atomic E-state index is -0.520. The molecule has 2 rings (SSSR count). The van der Waals surface area contributed by atoms with Crippen LogP contribution in [0.25, 0.3) is 0 Å². The highest BCUT2D eigenvalue weighted by Crippen LogP contribution is 2.26. The molecule has 9 heteroatoms. The minimum Gasteiger partial charge on any atom is -0.396 e. The zero-order chi connectivity index (χ0) is 15.6. The summed E-state index contributed by atoms with van der Waals surface area (Å²) in [7, 11) is 0. The monoisotopic (exact) mass is 297 g/mol. The largest absolute Gasteiger partial charge is 0.396 e. The zero-order valence-corrected chi connectivity index (χ0v) is 11.7. The molecular formula is C12H19N5O4. The molecule has 0 radical (unpaired) electrons. The van der Waals surface area contributed by atoms with Gasteiger partial charge in [0.15, 0.2) is 5.82 Å². The molecule has 2 heterocycles. The van der Waals surface area contributed by atoms with E-state index in [1.807, 2.05) is 0 Å². The topological polar surface area (TPSA) is 134 Å². The molecule has 1 aliphatic heterocycles. The van der Waals surface area contributed by atoms with E-state index in [2.05, 4.69) is 10.3 Å². The predicted octanol–water partition coefficient (Wildman–Crippen LogP) is -1.33. The molecule has 5 N–H and O–H groups in total. The zero-order valence-electron chi connectivity index (χ0n) is 11.7. The van der Waals surface area contributed by atoms with Gasteiger partial charge in [0.1, 0.15) is 5.69 Å². The van der Waals surface area contributed by atoms with E-state index in [0.717, 1.165) is 4.57 Å². The van der Waals surface area contributed by atoms with Crippen molar-refractivity contribution in [2.45, 2.75) is 13.3 Å². The van der Waals surface area contributed by atoms with Gasteiger partial charge in [-0.1, -0.05) is 0 Å². The van der Waals surface area contributed by atoms with Gasteiger partial charge in [0, 0.05) is 32.6 Å². The second kappa shape index (κ2) is 6.10. The number of nitrogens with one attached hydrogen (secondary N) is 1. The second-order valence-corrected chi connectivity index (χ2v) is 4.95. The van der Waals surface area contributed by atoms with Crippen LogP contribution in [0.5, 0.6) is 0 Å². The highest BCUT2D eigenvalue weighted by atomic mass is 16.3. The second-order valence-electron chi connectivity index (χ2n) is 4.95. The van der Waals surface area contributed by atoms with Crippen LogP contribution in [0.15, 0.2) is 4.79 Å². The first kappa shape index (κ1) is 15.3. The number of nitrogens with two attached hydrogens (primary N) is 1. The molecule has 0 unspecified atom stereocenters. The molecule has 0 fully saturated rings. The van der Waals surface area contributed by atoms with E-state index in [0.29, 0.717) is 25.5 Å². The Morgan fingerprint density at radius 1 is 1.48 bits per heavy atom. The molecule has 0 amide bonds. The van der Waals surface area contributed by atoms with Gasteiger partial charge in [0.05, 0.1) is 6.67 Å². The van der Waals surface area contributed by atoms with Crippen LogP contribution in [0.3, 0.4) is 0 Å². The molecule has 0 aromatic carbocycles. The number of aromatic nitrogens is 2. The third kappa shape index (κ3) is 2.83. The van der Waals surface area contributed by atoms with Crippen molar-refractivity contribution in [3.63, 3.8) is 0 Å².